The van der Waals surface area contributed by atoms with Crippen LogP contribution in [0.4, 0.5) is 0 Å². The molecule has 0 spiro atoms. The summed E-state index contributed by atoms with van der Waals surface area (Å²) in [4.78, 5) is 26.0. The summed E-state index contributed by atoms with van der Waals surface area (Å²) in [6, 6.07) is 3.12. The van der Waals surface area contributed by atoms with Gasteiger partial charge < -0.3 is 20.1 Å². The van der Waals surface area contributed by atoms with Crippen molar-refractivity contribution in [2.45, 2.75) is 25.9 Å². The number of aryl methyl sites for hydroxylation is 1. The Morgan fingerprint density at radius 1 is 1.53 bits per heavy atom. The summed E-state index contributed by atoms with van der Waals surface area (Å²) < 4.78 is 4.87. The van der Waals surface area contributed by atoms with Gasteiger partial charge >= 0.3 is 0 Å². The normalized spacial score (nSPS) is 13.9. The van der Waals surface area contributed by atoms with Gasteiger partial charge in [-0.05, 0) is 26.0 Å². The van der Waals surface area contributed by atoms with E-state index in [1.54, 1.807) is 27.0 Å². The Labute approximate surface area is 111 Å². The first-order valence-corrected chi connectivity index (χ1v) is 6.05. The number of carbonyl (C=O) groups is 1. The Kier molecular flexibility index (Phi) is 5.26. The number of aromatic nitrogens is 1. The lowest BCUT2D eigenvalue weighted by Gasteiger charge is -2.23. The maximum Gasteiger partial charge on any atom is 0.260 e. The molecule has 0 saturated carbocycles. The molecule has 1 atom stereocenters. The first kappa shape index (κ1) is 15.4. The Balaban J connectivity index is 2.63. The van der Waals surface area contributed by atoms with Crippen molar-refractivity contribution in [1.29, 1.82) is 0 Å². The van der Waals surface area contributed by atoms with E-state index in [0.29, 0.717) is 18.7 Å². The Morgan fingerprint density at radius 3 is 2.79 bits per heavy atom. The van der Waals surface area contributed by atoms with Crippen LogP contribution in [0.3, 0.4) is 0 Å². The molecule has 1 unspecified atom stereocenters. The lowest BCUT2D eigenvalue weighted by atomic mass is 10.0. The van der Waals surface area contributed by atoms with E-state index >= 15 is 0 Å². The van der Waals surface area contributed by atoms with Crippen LogP contribution in [0.15, 0.2) is 16.9 Å². The standard InChI is InChI=1S/C13H20N2O4/c1-9-4-5-10(12(17)15-9)11(16)14-8-13(2,18)6-7-19-3/h4-5,18H,6-8H2,1-3H3,(H,14,16)(H,15,17). The summed E-state index contributed by atoms with van der Waals surface area (Å²) in [5.41, 5.74) is -0.779. The number of carbonyl (C=O) groups excluding carboxylic acids is 1. The van der Waals surface area contributed by atoms with Crippen LogP contribution in [0.2, 0.25) is 0 Å². The number of pyridine rings is 1. The van der Waals surface area contributed by atoms with Gasteiger partial charge in [-0.1, -0.05) is 0 Å². The zero-order valence-corrected chi connectivity index (χ0v) is 11.4. The van der Waals surface area contributed by atoms with Gasteiger partial charge in [0.2, 0.25) is 0 Å². The number of nitrogens with one attached hydrogen (secondary N) is 2. The number of amides is 1. The molecule has 1 aromatic heterocycles. The average molecular weight is 268 g/mol. The van der Waals surface area contributed by atoms with Gasteiger partial charge in [-0.15, -0.1) is 0 Å². The lowest BCUT2D eigenvalue weighted by Crippen LogP contribution is -2.42. The minimum atomic E-state index is -1.07. The second-order valence-corrected chi connectivity index (χ2v) is 4.81. The number of H-pyrrole nitrogens is 1. The molecule has 1 amide bonds. The van der Waals surface area contributed by atoms with E-state index in [-0.39, 0.29) is 12.1 Å². The van der Waals surface area contributed by atoms with Crippen LogP contribution in [0.1, 0.15) is 29.4 Å². The van der Waals surface area contributed by atoms with Gasteiger partial charge in [0.15, 0.2) is 0 Å². The lowest BCUT2D eigenvalue weighted by molar-refractivity contribution is 0.0243. The molecule has 106 valence electrons. The van der Waals surface area contributed by atoms with Crippen molar-refractivity contribution in [1.82, 2.24) is 10.3 Å². The van der Waals surface area contributed by atoms with Crippen molar-refractivity contribution >= 4 is 5.91 Å². The van der Waals surface area contributed by atoms with Gasteiger partial charge in [-0.3, -0.25) is 9.59 Å². The molecule has 3 N–H and O–H groups in total. The minimum Gasteiger partial charge on any atom is -0.388 e. The van der Waals surface area contributed by atoms with Gasteiger partial charge in [-0.2, -0.15) is 0 Å². The maximum atomic E-state index is 11.8. The van der Waals surface area contributed by atoms with Crippen LogP contribution in [0, 0.1) is 6.92 Å². The highest BCUT2D eigenvalue weighted by atomic mass is 16.5. The number of hydrogen-bond acceptors (Lipinski definition) is 4. The molecule has 0 aromatic carbocycles. The number of methoxy groups -OCH3 is 1. The second-order valence-electron chi connectivity index (χ2n) is 4.81. The summed E-state index contributed by atoms with van der Waals surface area (Å²) in [5.74, 6) is -0.501. The van der Waals surface area contributed by atoms with Crippen LogP contribution in [-0.4, -0.2) is 41.9 Å². The summed E-state index contributed by atoms with van der Waals surface area (Å²) in [6.45, 7) is 3.79. The number of ether oxygens (including phenoxy) is 1. The summed E-state index contributed by atoms with van der Waals surface area (Å²) in [6.07, 6.45) is 0.397. The molecule has 1 rings (SSSR count). The molecule has 1 aromatic rings. The summed E-state index contributed by atoms with van der Waals surface area (Å²) >= 11 is 0. The Bertz CT molecular complexity index is 494. The van der Waals surface area contributed by atoms with Gasteiger partial charge in [-0.25, -0.2) is 0 Å². The maximum absolute atomic E-state index is 11.8. The molecule has 0 bridgehead atoms. The zero-order chi connectivity index (χ0) is 14.5. The van der Waals surface area contributed by atoms with E-state index < -0.39 is 17.1 Å². The smallest absolute Gasteiger partial charge is 0.260 e. The first-order chi connectivity index (χ1) is 8.85. The first-order valence-electron chi connectivity index (χ1n) is 6.05. The molecule has 0 aliphatic carbocycles. The van der Waals surface area contributed by atoms with Gasteiger partial charge in [0.05, 0.1) is 5.60 Å². The highest BCUT2D eigenvalue weighted by Crippen LogP contribution is 2.07. The predicted molar refractivity (Wildman–Crippen MR) is 71.2 cm³/mol. The molecular weight excluding hydrogens is 248 g/mol. The molecule has 1 heterocycles. The minimum absolute atomic E-state index is 0.0353. The Morgan fingerprint density at radius 2 is 2.21 bits per heavy atom. The molecule has 0 aliphatic heterocycles. The van der Waals surface area contributed by atoms with E-state index in [2.05, 4.69) is 10.3 Å². The molecule has 6 heteroatoms. The van der Waals surface area contributed by atoms with Crippen molar-refractivity contribution in [2.75, 3.05) is 20.3 Å². The number of hydrogen-bond donors (Lipinski definition) is 3. The monoisotopic (exact) mass is 268 g/mol. The van der Waals surface area contributed by atoms with Crippen LogP contribution in [0.25, 0.3) is 0 Å². The molecule has 6 nitrogen and oxygen atoms in total. The molecular formula is C13H20N2O4. The third-order valence-corrected chi connectivity index (χ3v) is 2.77. The third-order valence-electron chi connectivity index (χ3n) is 2.77. The topological polar surface area (TPSA) is 91.4 Å². The number of aromatic amines is 1. The fourth-order valence-electron chi connectivity index (χ4n) is 1.53. The molecule has 19 heavy (non-hydrogen) atoms. The summed E-state index contributed by atoms with van der Waals surface area (Å²) in [5, 5.41) is 12.5. The van der Waals surface area contributed by atoms with Crippen molar-refractivity contribution in [3.05, 3.63) is 33.7 Å². The van der Waals surface area contributed by atoms with Gasteiger partial charge in [0.25, 0.3) is 11.5 Å². The highest BCUT2D eigenvalue weighted by molar-refractivity contribution is 5.93. The fourth-order valence-corrected chi connectivity index (χ4v) is 1.53. The molecule has 0 saturated heterocycles. The van der Waals surface area contributed by atoms with E-state index in [1.165, 1.54) is 6.07 Å². The quantitative estimate of drug-likeness (QED) is 0.687. The van der Waals surface area contributed by atoms with Gasteiger partial charge in [0.1, 0.15) is 5.56 Å². The van der Waals surface area contributed by atoms with E-state index in [9.17, 15) is 14.7 Å². The van der Waals surface area contributed by atoms with Crippen LogP contribution in [-0.2, 0) is 4.74 Å². The number of rotatable bonds is 6. The predicted octanol–water partition coefficient (Wildman–Crippen LogP) is 0.201. The molecule has 0 radical (unpaired) electrons. The third kappa shape index (κ3) is 4.84. The van der Waals surface area contributed by atoms with Crippen molar-refractivity contribution in [2.24, 2.45) is 0 Å². The average Bonchev–Trinajstić information content (AvgIpc) is 2.34. The fraction of sp³-hybridized carbons (Fsp3) is 0.538. The van der Waals surface area contributed by atoms with E-state index in [4.69, 9.17) is 4.74 Å². The van der Waals surface area contributed by atoms with E-state index in [1.807, 2.05) is 0 Å². The van der Waals surface area contributed by atoms with Crippen molar-refractivity contribution < 1.29 is 14.6 Å². The van der Waals surface area contributed by atoms with Crippen molar-refractivity contribution in [3.8, 4) is 0 Å². The number of aliphatic hydroxyl groups is 1. The largest absolute Gasteiger partial charge is 0.388 e. The van der Waals surface area contributed by atoms with Crippen LogP contribution in [0.5, 0.6) is 0 Å². The Hall–Kier alpha value is -1.66. The van der Waals surface area contributed by atoms with Crippen LogP contribution < -0.4 is 10.9 Å². The summed E-state index contributed by atoms with van der Waals surface area (Å²) in [7, 11) is 1.54. The molecule has 0 aliphatic rings. The SMILES string of the molecule is COCCC(C)(O)CNC(=O)c1ccc(C)[nH]c1=O. The van der Waals surface area contributed by atoms with Gasteiger partial charge in [0, 0.05) is 32.4 Å². The molecule has 0 fully saturated rings. The van der Waals surface area contributed by atoms with Crippen LogP contribution >= 0.6 is 0 Å². The van der Waals surface area contributed by atoms with E-state index in [0.717, 1.165) is 0 Å². The zero-order valence-electron chi connectivity index (χ0n) is 11.4. The highest BCUT2D eigenvalue weighted by Gasteiger charge is 2.21. The van der Waals surface area contributed by atoms with Crippen molar-refractivity contribution in [3.63, 3.8) is 0 Å². The second kappa shape index (κ2) is 6.49.